The van der Waals surface area contributed by atoms with Crippen molar-refractivity contribution in [3.05, 3.63) is 46.2 Å². The average molecular weight is 262 g/mol. The summed E-state index contributed by atoms with van der Waals surface area (Å²) in [5.41, 5.74) is 6.77. The summed E-state index contributed by atoms with van der Waals surface area (Å²) in [6.45, 7) is 0.671. The molecule has 1 aromatic carbocycles. The molecule has 3 N–H and O–H groups in total. The molecule has 1 aromatic heterocycles. The van der Waals surface area contributed by atoms with Gasteiger partial charge >= 0.3 is 0 Å². The summed E-state index contributed by atoms with van der Waals surface area (Å²) in [5, 5.41) is 5.04. The maximum absolute atomic E-state index is 11.0. The molecule has 2 aromatic rings. The molecule has 0 bridgehead atoms. The van der Waals surface area contributed by atoms with Crippen LogP contribution in [0.5, 0.6) is 5.75 Å². The Morgan fingerprint density at radius 2 is 2.11 bits per heavy atom. The number of hydrogen-bond donors (Lipinski definition) is 2. The second-order valence-electron chi connectivity index (χ2n) is 3.75. The number of thiophene rings is 1. The molecule has 0 aliphatic rings. The molecule has 4 nitrogen and oxygen atoms in total. The highest BCUT2D eigenvalue weighted by atomic mass is 32.1. The first-order valence-corrected chi connectivity index (χ1v) is 6.32. The number of nitrogens with one attached hydrogen (secondary N) is 1. The van der Waals surface area contributed by atoms with Crippen LogP contribution in [0.15, 0.2) is 35.7 Å². The number of primary amides is 1. The molecular formula is C13H14N2O2S. The Hall–Kier alpha value is -2.01. The fourth-order valence-corrected chi connectivity index (χ4v) is 2.31. The van der Waals surface area contributed by atoms with Gasteiger partial charge in [-0.3, -0.25) is 4.79 Å². The zero-order chi connectivity index (χ0) is 13.0. The first-order chi connectivity index (χ1) is 8.69. The number of rotatable bonds is 5. The zero-order valence-corrected chi connectivity index (χ0v) is 10.8. The minimum atomic E-state index is -0.387. The van der Waals surface area contributed by atoms with E-state index < -0.39 is 0 Å². The van der Waals surface area contributed by atoms with Crippen molar-refractivity contribution < 1.29 is 9.53 Å². The van der Waals surface area contributed by atoms with Gasteiger partial charge in [-0.2, -0.15) is 0 Å². The summed E-state index contributed by atoms with van der Waals surface area (Å²) >= 11 is 1.52. The lowest BCUT2D eigenvalue weighted by Crippen LogP contribution is -2.09. The molecule has 18 heavy (non-hydrogen) atoms. The number of anilines is 1. The molecule has 0 saturated heterocycles. The summed E-state index contributed by atoms with van der Waals surface area (Å²) in [4.78, 5) is 12.0. The van der Waals surface area contributed by atoms with Crippen LogP contribution >= 0.6 is 11.3 Å². The Morgan fingerprint density at radius 1 is 1.39 bits per heavy atom. The molecule has 0 atom stereocenters. The molecule has 1 heterocycles. The molecule has 1 amide bonds. The van der Waals surface area contributed by atoms with Crippen LogP contribution in [-0.4, -0.2) is 13.0 Å². The van der Waals surface area contributed by atoms with Crippen molar-refractivity contribution in [1.29, 1.82) is 0 Å². The summed E-state index contributed by atoms with van der Waals surface area (Å²) in [7, 11) is 1.64. The van der Waals surface area contributed by atoms with E-state index in [1.54, 1.807) is 12.5 Å². The first-order valence-electron chi connectivity index (χ1n) is 5.44. The summed E-state index contributed by atoms with van der Waals surface area (Å²) in [6, 6.07) is 9.49. The Labute approximate surface area is 109 Å². The Balaban J connectivity index is 1.95. The molecule has 0 unspecified atom stereocenters. The van der Waals surface area contributed by atoms with E-state index in [4.69, 9.17) is 10.5 Å². The lowest BCUT2D eigenvalue weighted by atomic mass is 10.3. The molecule has 0 saturated carbocycles. The number of carbonyl (C=O) groups is 1. The van der Waals surface area contributed by atoms with Crippen LogP contribution in [-0.2, 0) is 6.54 Å². The largest absolute Gasteiger partial charge is 0.497 e. The zero-order valence-electron chi connectivity index (χ0n) is 9.97. The van der Waals surface area contributed by atoms with Gasteiger partial charge in [0.1, 0.15) is 5.75 Å². The summed E-state index contributed by atoms with van der Waals surface area (Å²) in [6.07, 6.45) is 0. The van der Waals surface area contributed by atoms with Crippen molar-refractivity contribution in [2.45, 2.75) is 6.54 Å². The van der Waals surface area contributed by atoms with E-state index in [-0.39, 0.29) is 5.91 Å². The van der Waals surface area contributed by atoms with Gasteiger partial charge in [0.15, 0.2) is 0 Å². The summed E-state index contributed by atoms with van der Waals surface area (Å²) < 4.78 is 5.08. The van der Waals surface area contributed by atoms with Crippen LogP contribution < -0.4 is 15.8 Å². The van der Waals surface area contributed by atoms with Crippen LogP contribution in [0.4, 0.5) is 5.69 Å². The number of carbonyl (C=O) groups excluding carboxylic acids is 1. The van der Waals surface area contributed by atoms with Crippen molar-refractivity contribution in [3.63, 3.8) is 0 Å². The van der Waals surface area contributed by atoms with Crippen LogP contribution in [0, 0.1) is 0 Å². The topological polar surface area (TPSA) is 64.3 Å². The molecule has 0 fully saturated rings. The average Bonchev–Trinajstić information content (AvgIpc) is 2.86. The third-order valence-corrected chi connectivity index (χ3v) is 3.43. The minimum Gasteiger partial charge on any atom is -0.497 e. The maximum atomic E-state index is 11.0. The molecule has 0 aliphatic heterocycles. The van der Waals surface area contributed by atoms with Crippen molar-refractivity contribution in [3.8, 4) is 5.75 Å². The third kappa shape index (κ3) is 3.01. The normalized spacial score (nSPS) is 10.1. The second-order valence-corrected chi connectivity index (χ2v) is 4.74. The van der Waals surface area contributed by atoms with Crippen LogP contribution in [0.1, 0.15) is 15.2 Å². The molecule has 5 heteroatoms. The van der Waals surface area contributed by atoms with E-state index in [2.05, 4.69) is 5.32 Å². The van der Waals surface area contributed by atoms with Gasteiger partial charge in [-0.15, -0.1) is 11.3 Å². The van der Waals surface area contributed by atoms with Crippen molar-refractivity contribution >= 4 is 22.9 Å². The highest BCUT2D eigenvalue weighted by molar-refractivity contribution is 7.10. The Kier molecular flexibility index (Phi) is 3.84. The SMILES string of the molecule is COc1ccc(NCc2cc(C(N)=O)cs2)cc1. The molecule has 0 radical (unpaired) electrons. The fraction of sp³-hybridized carbons (Fsp3) is 0.154. The van der Waals surface area contributed by atoms with E-state index in [1.807, 2.05) is 30.3 Å². The highest BCUT2D eigenvalue weighted by Gasteiger charge is 2.04. The van der Waals surface area contributed by atoms with Gasteiger partial charge in [0, 0.05) is 22.5 Å². The Morgan fingerprint density at radius 3 is 2.67 bits per heavy atom. The van der Waals surface area contributed by atoms with Crippen molar-refractivity contribution in [2.75, 3.05) is 12.4 Å². The number of methoxy groups -OCH3 is 1. The smallest absolute Gasteiger partial charge is 0.249 e. The number of nitrogens with two attached hydrogens (primary N) is 1. The standard InChI is InChI=1S/C13H14N2O2S/c1-17-11-4-2-10(3-5-11)15-7-12-6-9(8-18-12)13(14)16/h2-6,8,15H,7H2,1H3,(H2,14,16). The molecule has 0 aliphatic carbocycles. The van der Waals surface area contributed by atoms with E-state index >= 15 is 0 Å². The van der Waals surface area contributed by atoms with E-state index in [1.165, 1.54) is 11.3 Å². The second kappa shape index (κ2) is 5.55. The van der Waals surface area contributed by atoms with Gasteiger partial charge in [-0.25, -0.2) is 0 Å². The third-order valence-electron chi connectivity index (χ3n) is 2.50. The monoisotopic (exact) mass is 262 g/mol. The Bertz CT molecular complexity index is 534. The van der Waals surface area contributed by atoms with Crippen molar-refractivity contribution in [2.24, 2.45) is 5.73 Å². The van der Waals surface area contributed by atoms with Crippen LogP contribution in [0.2, 0.25) is 0 Å². The number of hydrogen-bond acceptors (Lipinski definition) is 4. The van der Waals surface area contributed by atoms with E-state index in [0.29, 0.717) is 12.1 Å². The lowest BCUT2D eigenvalue weighted by Gasteiger charge is -2.05. The van der Waals surface area contributed by atoms with Crippen LogP contribution in [0.3, 0.4) is 0 Å². The van der Waals surface area contributed by atoms with Gasteiger partial charge in [0.05, 0.1) is 12.7 Å². The first kappa shape index (κ1) is 12.4. The predicted octanol–water partition coefficient (Wildman–Crippen LogP) is 2.47. The van der Waals surface area contributed by atoms with Gasteiger partial charge < -0.3 is 15.8 Å². The predicted molar refractivity (Wildman–Crippen MR) is 73.2 cm³/mol. The lowest BCUT2D eigenvalue weighted by molar-refractivity contribution is 0.100. The highest BCUT2D eigenvalue weighted by Crippen LogP contribution is 2.18. The van der Waals surface area contributed by atoms with E-state index in [0.717, 1.165) is 16.3 Å². The van der Waals surface area contributed by atoms with Crippen molar-refractivity contribution in [1.82, 2.24) is 0 Å². The molecule has 2 rings (SSSR count). The molecule has 94 valence electrons. The molecular weight excluding hydrogens is 248 g/mol. The van der Waals surface area contributed by atoms with Gasteiger partial charge in [-0.1, -0.05) is 0 Å². The maximum Gasteiger partial charge on any atom is 0.249 e. The number of benzene rings is 1. The van der Waals surface area contributed by atoms with Gasteiger partial charge in [-0.05, 0) is 30.3 Å². The number of amides is 1. The number of ether oxygens (including phenoxy) is 1. The van der Waals surface area contributed by atoms with E-state index in [9.17, 15) is 4.79 Å². The van der Waals surface area contributed by atoms with Gasteiger partial charge in [0.25, 0.3) is 0 Å². The minimum absolute atomic E-state index is 0.387. The quantitative estimate of drug-likeness (QED) is 0.870. The molecule has 0 spiro atoms. The fourth-order valence-electron chi connectivity index (χ4n) is 1.50. The summed E-state index contributed by atoms with van der Waals surface area (Å²) in [5.74, 6) is 0.439. The van der Waals surface area contributed by atoms with Gasteiger partial charge in [0.2, 0.25) is 5.91 Å². The van der Waals surface area contributed by atoms with Crippen LogP contribution in [0.25, 0.3) is 0 Å².